The van der Waals surface area contributed by atoms with E-state index in [0.717, 1.165) is 12.5 Å². The Kier molecular flexibility index (Phi) is 2.19. The average molecular weight is 239 g/mol. The third kappa shape index (κ3) is 1.62. The maximum absolute atomic E-state index is 4.31. The smallest absolute Gasteiger partial charge is 0.0994 e. The zero-order valence-electron chi connectivity index (χ0n) is 10.4. The minimum atomic E-state index is 0.733. The highest BCUT2D eigenvalue weighted by atomic mass is 15.1. The van der Waals surface area contributed by atoms with Crippen molar-refractivity contribution in [3.63, 3.8) is 0 Å². The second-order valence-electron chi connectivity index (χ2n) is 5.33. The summed E-state index contributed by atoms with van der Waals surface area (Å²) in [6.07, 6.45) is 9.03. The molecule has 1 aromatic carbocycles. The van der Waals surface area contributed by atoms with E-state index in [2.05, 4.69) is 33.1 Å². The zero-order chi connectivity index (χ0) is 11.9. The topological polar surface area (TPSA) is 29.9 Å². The van der Waals surface area contributed by atoms with Gasteiger partial charge in [-0.2, -0.15) is 0 Å². The summed E-state index contributed by atoms with van der Waals surface area (Å²) in [5.41, 5.74) is 5.35. The second kappa shape index (κ2) is 3.87. The molecule has 0 radical (unpaired) electrons. The molecule has 4 rings (SSSR count). The van der Waals surface area contributed by atoms with Gasteiger partial charge in [0.15, 0.2) is 0 Å². The predicted octanol–water partition coefficient (Wildman–Crippen LogP) is 3.11. The van der Waals surface area contributed by atoms with Crippen molar-refractivity contribution in [2.75, 3.05) is 11.9 Å². The Balaban J connectivity index is 1.77. The third-order valence-electron chi connectivity index (χ3n) is 3.97. The molecule has 1 N–H and O–H groups in total. The van der Waals surface area contributed by atoms with E-state index in [9.17, 15) is 0 Å². The minimum Gasteiger partial charge on any atom is -0.385 e. The molecule has 1 fully saturated rings. The summed E-state index contributed by atoms with van der Waals surface area (Å²) in [7, 11) is 0. The van der Waals surface area contributed by atoms with Crippen molar-refractivity contribution in [1.29, 1.82) is 0 Å². The molecule has 0 amide bonds. The van der Waals surface area contributed by atoms with Gasteiger partial charge in [0.2, 0.25) is 0 Å². The van der Waals surface area contributed by atoms with Crippen LogP contribution in [0.15, 0.2) is 30.7 Å². The molecule has 1 saturated carbocycles. The molecule has 1 aliphatic carbocycles. The lowest BCUT2D eigenvalue weighted by Crippen LogP contribution is -2.12. The molecule has 2 aromatic rings. The lowest BCUT2D eigenvalue weighted by Gasteiger charge is -2.19. The Bertz CT molecular complexity index is 581. The number of nitrogens with zero attached hydrogens (tertiary/aromatic N) is 2. The molecule has 3 nitrogen and oxygen atoms in total. The predicted molar refractivity (Wildman–Crippen MR) is 72.3 cm³/mol. The molecule has 3 heteroatoms. The van der Waals surface area contributed by atoms with E-state index < -0.39 is 0 Å². The fraction of sp³-hybridized carbons (Fsp3) is 0.400. The molecule has 0 atom stereocenters. The number of fused-ring (bicyclic) bond motifs is 1. The van der Waals surface area contributed by atoms with Crippen molar-refractivity contribution >= 4 is 5.69 Å². The van der Waals surface area contributed by atoms with Crippen molar-refractivity contribution in [2.24, 2.45) is 0 Å². The van der Waals surface area contributed by atoms with Gasteiger partial charge in [0, 0.05) is 35.7 Å². The summed E-state index contributed by atoms with van der Waals surface area (Å²) in [4.78, 5) is 4.31. The molecule has 0 bridgehead atoms. The first kappa shape index (κ1) is 10.2. The Morgan fingerprint density at radius 1 is 1.28 bits per heavy atom. The van der Waals surface area contributed by atoms with E-state index in [-0.39, 0.29) is 0 Å². The number of anilines is 1. The van der Waals surface area contributed by atoms with Crippen LogP contribution >= 0.6 is 0 Å². The Labute approximate surface area is 107 Å². The standard InChI is InChI=1S/C15H17N3/c1-2-11-5-6-13(8-14(11)17-7-1)18-10-16-9-15(18)12-3-4-12/h5-6,8-10,12,17H,1-4,7H2. The number of hydrogen-bond donors (Lipinski definition) is 1. The van der Waals surface area contributed by atoms with Crippen molar-refractivity contribution in [3.8, 4) is 5.69 Å². The molecule has 0 spiro atoms. The van der Waals surface area contributed by atoms with E-state index in [1.54, 1.807) is 0 Å². The minimum absolute atomic E-state index is 0.733. The van der Waals surface area contributed by atoms with Crippen LogP contribution in [-0.4, -0.2) is 16.1 Å². The van der Waals surface area contributed by atoms with Gasteiger partial charge < -0.3 is 9.88 Å². The Hall–Kier alpha value is -1.77. The summed E-state index contributed by atoms with van der Waals surface area (Å²) in [5, 5.41) is 3.50. The first-order valence-corrected chi connectivity index (χ1v) is 6.81. The normalized spacial score (nSPS) is 18.2. The highest BCUT2D eigenvalue weighted by Crippen LogP contribution is 2.40. The van der Waals surface area contributed by atoms with Gasteiger partial charge in [-0.15, -0.1) is 0 Å². The average Bonchev–Trinajstić information content (AvgIpc) is 3.16. The zero-order valence-corrected chi connectivity index (χ0v) is 10.4. The number of benzene rings is 1. The van der Waals surface area contributed by atoms with Crippen LogP contribution in [0.1, 0.15) is 36.4 Å². The van der Waals surface area contributed by atoms with Gasteiger partial charge in [-0.3, -0.25) is 0 Å². The van der Waals surface area contributed by atoms with Crippen LogP contribution in [0.2, 0.25) is 0 Å². The van der Waals surface area contributed by atoms with Crippen LogP contribution in [0.4, 0.5) is 5.69 Å². The van der Waals surface area contributed by atoms with Gasteiger partial charge in [0.25, 0.3) is 0 Å². The number of rotatable bonds is 2. The second-order valence-corrected chi connectivity index (χ2v) is 5.33. The summed E-state index contributed by atoms with van der Waals surface area (Å²) in [6.45, 7) is 1.09. The molecular weight excluding hydrogens is 222 g/mol. The lowest BCUT2D eigenvalue weighted by molar-refractivity contribution is 0.827. The number of aryl methyl sites for hydroxylation is 1. The molecule has 0 unspecified atom stereocenters. The molecule has 92 valence electrons. The third-order valence-corrected chi connectivity index (χ3v) is 3.97. The molecule has 1 aliphatic heterocycles. The fourth-order valence-electron chi connectivity index (χ4n) is 2.80. The van der Waals surface area contributed by atoms with E-state index in [1.165, 1.54) is 48.3 Å². The summed E-state index contributed by atoms with van der Waals surface area (Å²) in [6, 6.07) is 6.74. The number of nitrogens with one attached hydrogen (secondary N) is 1. The summed E-state index contributed by atoms with van der Waals surface area (Å²) >= 11 is 0. The quantitative estimate of drug-likeness (QED) is 0.872. The maximum atomic E-state index is 4.31. The number of hydrogen-bond acceptors (Lipinski definition) is 2. The van der Waals surface area contributed by atoms with Gasteiger partial charge in [-0.05, 0) is 43.4 Å². The monoisotopic (exact) mass is 239 g/mol. The van der Waals surface area contributed by atoms with Crippen LogP contribution in [0, 0.1) is 0 Å². The van der Waals surface area contributed by atoms with Crippen LogP contribution in [-0.2, 0) is 6.42 Å². The highest BCUT2D eigenvalue weighted by Gasteiger charge is 2.27. The largest absolute Gasteiger partial charge is 0.385 e. The van der Waals surface area contributed by atoms with Crippen molar-refractivity contribution in [2.45, 2.75) is 31.6 Å². The molecule has 18 heavy (non-hydrogen) atoms. The lowest BCUT2D eigenvalue weighted by atomic mass is 10.0. The van der Waals surface area contributed by atoms with Crippen molar-refractivity contribution in [3.05, 3.63) is 42.0 Å². The first-order chi connectivity index (χ1) is 8.92. The van der Waals surface area contributed by atoms with Crippen LogP contribution in [0.25, 0.3) is 5.69 Å². The van der Waals surface area contributed by atoms with E-state index in [1.807, 2.05) is 12.5 Å². The summed E-state index contributed by atoms with van der Waals surface area (Å²) in [5.74, 6) is 0.733. The Morgan fingerprint density at radius 2 is 2.22 bits per heavy atom. The number of aromatic nitrogens is 2. The molecule has 1 aromatic heterocycles. The van der Waals surface area contributed by atoms with Crippen LogP contribution in [0.5, 0.6) is 0 Å². The molecule has 2 aliphatic rings. The van der Waals surface area contributed by atoms with E-state index in [0.29, 0.717) is 0 Å². The highest BCUT2D eigenvalue weighted by molar-refractivity contribution is 5.59. The van der Waals surface area contributed by atoms with Crippen LogP contribution < -0.4 is 5.32 Å². The molecule has 0 saturated heterocycles. The summed E-state index contributed by atoms with van der Waals surface area (Å²) < 4.78 is 2.24. The Morgan fingerprint density at radius 3 is 3.11 bits per heavy atom. The van der Waals surface area contributed by atoms with Crippen LogP contribution in [0.3, 0.4) is 0 Å². The van der Waals surface area contributed by atoms with Gasteiger partial charge in [-0.25, -0.2) is 4.98 Å². The first-order valence-electron chi connectivity index (χ1n) is 6.81. The van der Waals surface area contributed by atoms with Gasteiger partial charge in [-0.1, -0.05) is 6.07 Å². The van der Waals surface area contributed by atoms with E-state index in [4.69, 9.17) is 0 Å². The van der Waals surface area contributed by atoms with E-state index >= 15 is 0 Å². The maximum Gasteiger partial charge on any atom is 0.0994 e. The molecular formula is C15H17N3. The SMILES string of the molecule is c1cc2c(cc1-n1cncc1C1CC1)NCCC2. The van der Waals surface area contributed by atoms with Crippen molar-refractivity contribution in [1.82, 2.24) is 9.55 Å². The van der Waals surface area contributed by atoms with Gasteiger partial charge in [0.1, 0.15) is 0 Å². The van der Waals surface area contributed by atoms with Crippen molar-refractivity contribution < 1.29 is 0 Å². The molecule has 2 heterocycles. The fourth-order valence-corrected chi connectivity index (χ4v) is 2.80. The number of imidazole rings is 1. The van der Waals surface area contributed by atoms with Gasteiger partial charge >= 0.3 is 0 Å². The van der Waals surface area contributed by atoms with Gasteiger partial charge in [0.05, 0.1) is 6.33 Å².